The molecule has 3 nitrogen and oxygen atoms in total. The van der Waals surface area contributed by atoms with E-state index in [-0.39, 0.29) is 20.5 Å². The van der Waals surface area contributed by atoms with Gasteiger partial charge in [0.05, 0.1) is 0 Å². The number of thioether (sulfide) groups is 1. The summed E-state index contributed by atoms with van der Waals surface area (Å²) in [5.74, 6) is 0.759. The zero-order valence-electron chi connectivity index (χ0n) is 13.7. The molecule has 0 bridgehead atoms. The van der Waals surface area contributed by atoms with Crippen LogP contribution in [-0.2, 0) is 10.5 Å². The number of aromatic nitrogens is 1. The molecule has 0 amide bonds. The number of carbonyl (C=O) groups excluding carboxylic acids is 1. The second-order valence-electron chi connectivity index (χ2n) is 5.32. The molecule has 0 unspecified atom stereocenters. The first-order valence-corrected chi connectivity index (χ1v) is 11.0. The van der Waals surface area contributed by atoms with Crippen LogP contribution in [0.25, 0.3) is 10.1 Å². The molecule has 0 aliphatic rings. The summed E-state index contributed by atoms with van der Waals surface area (Å²) in [6, 6.07) is 6.35. The summed E-state index contributed by atoms with van der Waals surface area (Å²) >= 11 is 5.49. The standard InChI is InChI=1S/C17H20BrNO2SSe/c1-5-21-17(20)15-11(4)19-16(23-15)12-6-7-13(14(18)8-12)9-22-10(2)3/h6-8,10H,5,9H2,1-4H3. The molecule has 2 rings (SSSR count). The third-order valence-corrected chi connectivity index (χ3v) is 7.50. The summed E-state index contributed by atoms with van der Waals surface area (Å²) < 4.78 is 7.93. The van der Waals surface area contributed by atoms with E-state index in [4.69, 9.17) is 4.74 Å². The number of nitrogens with zero attached hydrogens (tertiary/aromatic N) is 1. The quantitative estimate of drug-likeness (QED) is 0.462. The zero-order valence-corrected chi connectivity index (χ0v) is 17.8. The van der Waals surface area contributed by atoms with Gasteiger partial charge in [0.1, 0.15) is 0 Å². The van der Waals surface area contributed by atoms with E-state index >= 15 is 0 Å². The Hall–Kier alpha value is -0.551. The molecule has 124 valence electrons. The minimum absolute atomic E-state index is 0.0933. The monoisotopic (exact) mass is 461 g/mol. The van der Waals surface area contributed by atoms with Gasteiger partial charge in [-0.3, -0.25) is 0 Å². The third-order valence-electron chi connectivity index (χ3n) is 3.13. The molecule has 0 aliphatic heterocycles. The Bertz CT molecular complexity index is 700. The van der Waals surface area contributed by atoms with Crippen LogP contribution in [0.15, 0.2) is 22.7 Å². The van der Waals surface area contributed by atoms with Crippen LogP contribution in [0.4, 0.5) is 0 Å². The molecular formula is C17H20BrNO2SSe. The number of hydrogen-bond donors (Lipinski definition) is 0. The molecule has 2 aromatic rings. The molecule has 0 N–H and O–H groups in total. The van der Waals surface area contributed by atoms with Crippen molar-refractivity contribution in [3.8, 4) is 10.1 Å². The maximum atomic E-state index is 12.0. The molecule has 0 spiro atoms. The molecule has 6 heteroatoms. The number of halogens is 1. The summed E-state index contributed by atoms with van der Waals surface area (Å²) in [6.45, 7) is 8.50. The van der Waals surface area contributed by atoms with Crippen LogP contribution in [0.5, 0.6) is 0 Å². The van der Waals surface area contributed by atoms with Crippen LogP contribution in [-0.4, -0.2) is 37.3 Å². The van der Waals surface area contributed by atoms with Crippen LogP contribution >= 0.6 is 27.7 Å². The summed E-state index contributed by atoms with van der Waals surface area (Å²) in [6.07, 6.45) is 0. The van der Waals surface area contributed by atoms with Crippen LogP contribution < -0.4 is 0 Å². The number of rotatable bonds is 6. The fraction of sp³-hybridized carbons (Fsp3) is 0.412. The number of esters is 1. The van der Waals surface area contributed by atoms with Crippen molar-refractivity contribution in [1.29, 1.82) is 0 Å². The van der Waals surface area contributed by atoms with Crippen LogP contribution in [0.2, 0.25) is 0 Å². The first-order chi connectivity index (χ1) is 10.9. The molecule has 0 aliphatic carbocycles. The normalized spacial score (nSPS) is 11.0. The first-order valence-electron chi connectivity index (χ1n) is 7.47. The second kappa shape index (κ2) is 8.52. The molecule has 0 atom stereocenters. The van der Waals surface area contributed by atoms with Gasteiger partial charge in [-0.2, -0.15) is 0 Å². The molecule has 1 heterocycles. The predicted molar refractivity (Wildman–Crippen MR) is 101 cm³/mol. The molecule has 1 aromatic carbocycles. The van der Waals surface area contributed by atoms with Crippen LogP contribution in [0, 0.1) is 6.92 Å². The fourth-order valence-corrected chi connectivity index (χ4v) is 5.44. The van der Waals surface area contributed by atoms with Gasteiger partial charge in [-0.15, -0.1) is 0 Å². The van der Waals surface area contributed by atoms with Crippen molar-refractivity contribution in [1.82, 2.24) is 4.98 Å². The molecular weight excluding hydrogens is 441 g/mol. The molecule has 1 aromatic heterocycles. The Balaban J connectivity index is 2.24. The van der Waals surface area contributed by atoms with E-state index in [9.17, 15) is 4.79 Å². The Morgan fingerprint density at radius 1 is 1.43 bits per heavy atom. The van der Waals surface area contributed by atoms with Crippen molar-refractivity contribution in [3.05, 3.63) is 38.4 Å². The Kier molecular flexibility index (Phi) is 6.96. The van der Waals surface area contributed by atoms with E-state index in [1.807, 2.05) is 25.6 Å². The van der Waals surface area contributed by atoms with Crippen molar-refractivity contribution in [2.75, 3.05) is 6.61 Å². The van der Waals surface area contributed by atoms with Crippen LogP contribution in [0.1, 0.15) is 41.3 Å². The molecule has 23 heavy (non-hydrogen) atoms. The van der Waals surface area contributed by atoms with Crippen molar-refractivity contribution < 1.29 is 9.53 Å². The van der Waals surface area contributed by atoms with Gasteiger partial charge >= 0.3 is 156 Å². The van der Waals surface area contributed by atoms with E-state index in [1.165, 1.54) is 5.56 Å². The zero-order chi connectivity index (χ0) is 17.0. The Morgan fingerprint density at radius 3 is 2.78 bits per heavy atom. The average molecular weight is 461 g/mol. The maximum absolute atomic E-state index is 12.0. The van der Waals surface area contributed by atoms with E-state index in [0.29, 0.717) is 11.9 Å². The Labute approximate surface area is 156 Å². The van der Waals surface area contributed by atoms with Crippen molar-refractivity contribution in [3.63, 3.8) is 0 Å². The Morgan fingerprint density at radius 2 is 2.17 bits per heavy atom. The molecule has 0 saturated heterocycles. The van der Waals surface area contributed by atoms with E-state index in [0.717, 1.165) is 30.5 Å². The molecule has 0 fully saturated rings. The fourth-order valence-electron chi connectivity index (χ4n) is 1.96. The second-order valence-corrected chi connectivity index (χ2v) is 9.84. The summed E-state index contributed by atoms with van der Waals surface area (Å²) in [5, 5.41) is 0.614. The van der Waals surface area contributed by atoms with Gasteiger partial charge in [-0.05, 0) is 0 Å². The third kappa shape index (κ3) is 4.96. The van der Waals surface area contributed by atoms with Crippen molar-refractivity contribution in [2.45, 2.75) is 38.7 Å². The minimum atomic E-state index is -0.229. The van der Waals surface area contributed by atoms with Gasteiger partial charge in [-0.1, -0.05) is 0 Å². The van der Waals surface area contributed by atoms with Gasteiger partial charge in [0.25, 0.3) is 0 Å². The van der Waals surface area contributed by atoms with Crippen molar-refractivity contribution >= 4 is 48.2 Å². The van der Waals surface area contributed by atoms with E-state index < -0.39 is 0 Å². The van der Waals surface area contributed by atoms with Gasteiger partial charge in [0.2, 0.25) is 0 Å². The van der Waals surface area contributed by atoms with Gasteiger partial charge in [0.15, 0.2) is 0 Å². The number of benzene rings is 1. The number of aryl methyl sites for hydroxylation is 1. The average Bonchev–Trinajstić information content (AvgIpc) is 2.88. The van der Waals surface area contributed by atoms with Crippen LogP contribution in [0.3, 0.4) is 0 Å². The number of carbonyl (C=O) groups is 1. The van der Waals surface area contributed by atoms with Gasteiger partial charge < -0.3 is 0 Å². The molecule has 0 radical (unpaired) electrons. The summed E-state index contributed by atoms with van der Waals surface area (Å²) in [4.78, 5) is 16.5. The summed E-state index contributed by atoms with van der Waals surface area (Å²) in [7, 11) is 0. The number of ether oxygens (including phenoxy) is 1. The van der Waals surface area contributed by atoms with E-state index in [1.54, 1.807) is 0 Å². The topological polar surface area (TPSA) is 39.2 Å². The predicted octanol–water partition coefficient (Wildman–Crippen LogP) is 4.69. The van der Waals surface area contributed by atoms with Crippen molar-refractivity contribution in [2.24, 2.45) is 0 Å². The summed E-state index contributed by atoms with van der Waals surface area (Å²) in [5.41, 5.74) is 3.15. The SMILES string of the molecule is CCOC(=O)c1[se]c(-c2ccc(CSC(C)C)c(Br)c2)nc1C. The van der Waals surface area contributed by atoms with Gasteiger partial charge in [-0.25, -0.2) is 0 Å². The van der Waals surface area contributed by atoms with E-state index in [2.05, 4.69) is 53.0 Å². The first kappa shape index (κ1) is 18.8. The number of hydrogen-bond acceptors (Lipinski definition) is 4. The molecule has 0 saturated carbocycles. The van der Waals surface area contributed by atoms with Gasteiger partial charge in [0, 0.05) is 0 Å².